The van der Waals surface area contributed by atoms with Gasteiger partial charge < -0.3 is 10.1 Å². The second-order valence-electron chi connectivity index (χ2n) is 6.92. The Balaban J connectivity index is 1.47. The van der Waals surface area contributed by atoms with Gasteiger partial charge in [-0.1, -0.05) is 0 Å². The third-order valence-electron chi connectivity index (χ3n) is 5.13. The molecule has 4 rings (SSSR count). The number of benzene rings is 1. The Bertz CT molecular complexity index is 968. The van der Waals surface area contributed by atoms with Crippen LogP contribution in [-0.2, 0) is 11.3 Å². The lowest BCUT2D eigenvalue weighted by molar-refractivity contribution is -0.120. The summed E-state index contributed by atoms with van der Waals surface area (Å²) in [6, 6.07) is 7.53. The first-order valence-electron chi connectivity index (χ1n) is 9.11. The Hall–Kier alpha value is -2.93. The van der Waals surface area contributed by atoms with Gasteiger partial charge in [-0.05, 0) is 44.5 Å². The van der Waals surface area contributed by atoms with E-state index in [9.17, 15) is 4.79 Å². The van der Waals surface area contributed by atoms with Gasteiger partial charge in [0, 0.05) is 29.3 Å². The van der Waals surface area contributed by atoms with E-state index in [1.807, 2.05) is 37.4 Å². The van der Waals surface area contributed by atoms with E-state index in [-0.39, 0.29) is 11.9 Å². The minimum Gasteiger partial charge on any atom is -0.497 e. The molecule has 1 atom stereocenters. The number of anilines is 1. The molecule has 1 aliphatic heterocycles. The summed E-state index contributed by atoms with van der Waals surface area (Å²) in [5, 5.41) is 11.0. The number of carbonyl (C=O) groups is 1. The van der Waals surface area contributed by atoms with E-state index in [1.54, 1.807) is 13.3 Å². The highest BCUT2D eigenvalue weighted by atomic mass is 16.5. The molecule has 1 aromatic carbocycles. The third-order valence-corrected chi connectivity index (χ3v) is 5.13. The van der Waals surface area contributed by atoms with Crippen molar-refractivity contribution >= 4 is 22.5 Å². The van der Waals surface area contributed by atoms with Crippen molar-refractivity contribution in [3.05, 3.63) is 47.9 Å². The summed E-state index contributed by atoms with van der Waals surface area (Å²) in [6.07, 6.45) is 5.41. The van der Waals surface area contributed by atoms with Gasteiger partial charge in [0.1, 0.15) is 5.75 Å². The van der Waals surface area contributed by atoms with Crippen molar-refractivity contribution < 1.29 is 9.53 Å². The number of hydrogen-bond donors (Lipinski definition) is 2. The summed E-state index contributed by atoms with van der Waals surface area (Å²) < 4.78 is 5.23. The maximum Gasteiger partial charge on any atom is 0.241 e. The maximum absolute atomic E-state index is 12.9. The van der Waals surface area contributed by atoms with E-state index in [4.69, 9.17) is 4.74 Å². The van der Waals surface area contributed by atoms with Gasteiger partial charge in [-0.2, -0.15) is 5.10 Å². The smallest absolute Gasteiger partial charge is 0.241 e. The lowest BCUT2D eigenvalue weighted by atomic mass is 10.1. The average molecular weight is 365 g/mol. The molecule has 2 aromatic heterocycles. The van der Waals surface area contributed by atoms with Gasteiger partial charge in [0.15, 0.2) is 0 Å². The van der Waals surface area contributed by atoms with E-state index in [0.717, 1.165) is 53.8 Å². The van der Waals surface area contributed by atoms with Crippen molar-refractivity contribution in [2.24, 2.45) is 0 Å². The molecule has 1 aliphatic rings. The van der Waals surface area contributed by atoms with Crippen LogP contribution in [0.3, 0.4) is 0 Å². The van der Waals surface area contributed by atoms with Crippen molar-refractivity contribution in [3.63, 3.8) is 0 Å². The second kappa shape index (κ2) is 7.36. The number of aryl methyl sites for hydroxylation is 1. The molecule has 1 saturated heterocycles. The highest BCUT2D eigenvalue weighted by Gasteiger charge is 2.31. The monoisotopic (exact) mass is 365 g/mol. The van der Waals surface area contributed by atoms with Crippen molar-refractivity contribution in [3.8, 4) is 5.75 Å². The molecule has 1 fully saturated rings. The molecule has 3 heterocycles. The van der Waals surface area contributed by atoms with Gasteiger partial charge in [-0.25, -0.2) is 0 Å². The molecule has 2 N–H and O–H groups in total. The van der Waals surface area contributed by atoms with Crippen molar-refractivity contribution in [2.75, 3.05) is 19.0 Å². The standard InChI is InChI=1S/C20H23N5O2/c1-13-15(10-22-24-13)12-25-7-3-4-19(25)20(26)23-16-8-14-5-6-17(27-2)9-18(14)21-11-16/h5-6,8-11,19H,3-4,7,12H2,1-2H3,(H,22,24)(H,23,26)/t19-/m1/s1. The highest BCUT2D eigenvalue weighted by molar-refractivity contribution is 5.96. The van der Waals surface area contributed by atoms with E-state index in [2.05, 4.69) is 25.4 Å². The average Bonchev–Trinajstić information content (AvgIpc) is 3.31. The fourth-order valence-electron chi connectivity index (χ4n) is 3.59. The van der Waals surface area contributed by atoms with Crippen molar-refractivity contribution in [1.29, 1.82) is 0 Å². The van der Waals surface area contributed by atoms with Gasteiger partial charge in [0.25, 0.3) is 0 Å². The number of amides is 1. The Morgan fingerprint density at radius 2 is 2.26 bits per heavy atom. The Morgan fingerprint density at radius 3 is 3.04 bits per heavy atom. The summed E-state index contributed by atoms with van der Waals surface area (Å²) in [4.78, 5) is 19.5. The van der Waals surface area contributed by atoms with E-state index >= 15 is 0 Å². The molecule has 7 nitrogen and oxygen atoms in total. The predicted molar refractivity (Wildman–Crippen MR) is 104 cm³/mol. The predicted octanol–water partition coefficient (Wildman–Crippen LogP) is 2.88. The molecule has 7 heteroatoms. The van der Waals surface area contributed by atoms with Crippen LogP contribution in [-0.4, -0.2) is 45.7 Å². The summed E-state index contributed by atoms with van der Waals surface area (Å²) in [7, 11) is 1.63. The van der Waals surface area contributed by atoms with Crippen LogP contribution >= 0.6 is 0 Å². The van der Waals surface area contributed by atoms with Crippen LogP contribution in [0.2, 0.25) is 0 Å². The number of fused-ring (bicyclic) bond motifs is 1. The number of nitrogens with one attached hydrogen (secondary N) is 2. The minimum atomic E-state index is -0.133. The topological polar surface area (TPSA) is 83.1 Å². The molecule has 3 aromatic rings. The number of hydrogen-bond acceptors (Lipinski definition) is 5. The fraction of sp³-hybridized carbons (Fsp3) is 0.350. The summed E-state index contributed by atoms with van der Waals surface area (Å²) in [6.45, 7) is 3.65. The largest absolute Gasteiger partial charge is 0.497 e. The molecule has 140 valence electrons. The van der Waals surface area contributed by atoms with Crippen LogP contribution in [0.5, 0.6) is 5.75 Å². The third kappa shape index (κ3) is 3.64. The fourth-order valence-corrected chi connectivity index (χ4v) is 3.59. The Morgan fingerprint density at radius 1 is 1.37 bits per heavy atom. The van der Waals surface area contributed by atoms with Crippen LogP contribution in [0.15, 0.2) is 36.7 Å². The first-order chi connectivity index (χ1) is 13.1. The lowest BCUT2D eigenvalue weighted by Crippen LogP contribution is -2.39. The van der Waals surface area contributed by atoms with Crippen LogP contribution < -0.4 is 10.1 Å². The van der Waals surface area contributed by atoms with Crippen molar-refractivity contribution in [1.82, 2.24) is 20.1 Å². The Labute approximate surface area is 157 Å². The number of carbonyl (C=O) groups excluding carboxylic acids is 1. The van der Waals surface area contributed by atoms with Crippen LogP contribution in [0.4, 0.5) is 5.69 Å². The SMILES string of the molecule is COc1ccc2cc(NC(=O)[C@H]3CCCN3Cc3cn[nH]c3C)cnc2c1. The van der Waals surface area contributed by atoms with Gasteiger partial charge in [0.2, 0.25) is 5.91 Å². The van der Waals surface area contributed by atoms with Gasteiger partial charge in [-0.3, -0.25) is 19.8 Å². The first-order valence-corrected chi connectivity index (χ1v) is 9.11. The van der Waals surface area contributed by atoms with Crippen LogP contribution in [0.1, 0.15) is 24.1 Å². The van der Waals surface area contributed by atoms with Gasteiger partial charge >= 0.3 is 0 Å². The maximum atomic E-state index is 12.9. The number of nitrogens with zero attached hydrogens (tertiary/aromatic N) is 3. The summed E-state index contributed by atoms with van der Waals surface area (Å²) in [5.41, 5.74) is 3.74. The van der Waals surface area contributed by atoms with E-state index in [0.29, 0.717) is 5.69 Å². The molecule has 0 radical (unpaired) electrons. The van der Waals surface area contributed by atoms with Crippen LogP contribution in [0.25, 0.3) is 10.9 Å². The molecule has 0 bridgehead atoms. The normalized spacial score (nSPS) is 17.3. The molecular weight excluding hydrogens is 342 g/mol. The molecule has 1 amide bonds. The molecule has 0 saturated carbocycles. The zero-order valence-corrected chi connectivity index (χ0v) is 15.5. The number of H-pyrrole nitrogens is 1. The zero-order valence-electron chi connectivity index (χ0n) is 15.5. The number of rotatable bonds is 5. The summed E-state index contributed by atoms with van der Waals surface area (Å²) >= 11 is 0. The molecule has 27 heavy (non-hydrogen) atoms. The van der Waals surface area contributed by atoms with E-state index < -0.39 is 0 Å². The molecule has 0 spiro atoms. The highest BCUT2D eigenvalue weighted by Crippen LogP contribution is 2.24. The van der Waals surface area contributed by atoms with Crippen LogP contribution in [0, 0.1) is 6.92 Å². The zero-order chi connectivity index (χ0) is 18.8. The number of pyridine rings is 1. The van der Waals surface area contributed by atoms with Crippen molar-refractivity contribution in [2.45, 2.75) is 32.4 Å². The first kappa shape index (κ1) is 17.5. The number of aromatic nitrogens is 3. The number of likely N-dealkylation sites (tertiary alicyclic amines) is 1. The molecule has 0 aliphatic carbocycles. The number of ether oxygens (including phenoxy) is 1. The molecular formula is C20H23N5O2. The second-order valence-corrected chi connectivity index (χ2v) is 6.92. The Kier molecular flexibility index (Phi) is 4.77. The van der Waals surface area contributed by atoms with E-state index in [1.165, 1.54) is 0 Å². The lowest BCUT2D eigenvalue weighted by Gasteiger charge is -2.23. The minimum absolute atomic E-state index is 0.0170. The quantitative estimate of drug-likeness (QED) is 0.726. The van der Waals surface area contributed by atoms with Gasteiger partial charge in [0.05, 0.1) is 36.7 Å². The summed E-state index contributed by atoms with van der Waals surface area (Å²) in [5.74, 6) is 0.784. The molecule has 0 unspecified atom stereocenters. The number of methoxy groups -OCH3 is 1. The van der Waals surface area contributed by atoms with Gasteiger partial charge in [-0.15, -0.1) is 0 Å². The number of aromatic amines is 1.